The Morgan fingerprint density at radius 3 is 2.65 bits per heavy atom. The predicted molar refractivity (Wildman–Crippen MR) is 130 cm³/mol. The molecule has 1 aliphatic heterocycles. The van der Waals surface area contributed by atoms with Gasteiger partial charge in [-0.1, -0.05) is 54.6 Å². The number of nitrogens with zero attached hydrogens (tertiary/aromatic N) is 1. The zero-order valence-corrected chi connectivity index (χ0v) is 19.7. The zero-order chi connectivity index (χ0) is 23.9. The molecule has 1 amide bonds. The summed E-state index contributed by atoms with van der Waals surface area (Å²) in [5.74, 6) is 0.267. The van der Waals surface area contributed by atoms with Gasteiger partial charge in [-0.25, -0.2) is 4.39 Å². The van der Waals surface area contributed by atoms with E-state index in [2.05, 4.69) is 28.4 Å². The van der Waals surface area contributed by atoms with E-state index in [-0.39, 0.29) is 17.8 Å². The number of hydrogen-bond donors (Lipinski definition) is 1. The Morgan fingerprint density at radius 1 is 1.12 bits per heavy atom. The average Bonchev–Trinajstić information content (AvgIpc) is 2.85. The average molecular weight is 463 g/mol. The van der Waals surface area contributed by atoms with Crippen LogP contribution in [0.3, 0.4) is 0 Å². The van der Waals surface area contributed by atoms with E-state index in [1.54, 1.807) is 20.1 Å². The van der Waals surface area contributed by atoms with Gasteiger partial charge in [0.05, 0.1) is 12.6 Å². The van der Waals surface area contributed by atoms with Crippen LogP contribution in [0.25, 0.3) is 0 Å². The lowest BCUT2D eigenvalue weighted by atomic mass is 9.87. The third kappa shape index (κ3) is 5.64. The minimum Gasteiger partial charge on any atom is -0.481 e. The van der Waals surface area contributed by atoms with Crippen LogP contribution in [0.15, 0.2) is 72.8 Å². The molecule has 2 unspecified atom stereocenters. The monoisotopic (exact) mass is 462 g/mol. The number of carbonyl (C=O) groups is 1. The summed E-state index contributed by atoms with van der Waals surface area (Å²) < 4.78 is 25.5. The van der Waals surface area contributed by atoms with Crippen molar-refractivity contribution in [2.45, 2.75) is 32.0 Å². The third-order valence-corrected chi connectivity index (χ3v) is 6.18. The molecule has 1 aliphatic rings. The van der Waals surface area contributed by atoms with Crippen LogP contribution in [0.4, 0.5) is 4.39 Å². The van der Waals surface area contributed by atoms with Crippen LogP contribution < -0.4 is 10.1 Å². The highest BCUT2D eigenvalue weighted by atomic mass is 19.1. The van der Waals surface area contributed by atoms with Crippen LogP contribution in [0.5, 0.6) is 5.75 Å². The van der Waals surface area contributed by atoms with Gasteiger partial charge in [0.15, 0.2) is 6.10 Å². The number of ether oxygens (including phenoxy) is 2. The highest BCUT2D eigenvalue weighted by Gasteiger charge is 2.30. The highest BCUT2D eigenvalue weighted by Crippen LogP contribution is 2.38. The summed E-state index contributed by atoms with van der Waals surface area (Å²) >= 11 is 0. The second kappa shape index (κ2) is 11.3. The van der Waals surface area contributed by atoms with Crippen LogP contribution in [-0.4, -0.2) is 43.7 Å². The fourth-order valence-electron chi connectivity index (χ4n) is 4.44. The topological polar surface area (TPSA) is 50.8 Å². The molecule has 0 saturated heterocycles. The Labute approximate surface area is 200 Å². The summed E-state index contributed by atoms with van der Waals surface area (Å²) in [7, 11) is 1.60. The first-order chi connectivity index (χ1) is 16.6. The van der Waals surface area contributed by atoms with E-state index in [0.29, 0.717) is 31.0 Å². The second-order valence-electron chi connectivity index (χ2n) is 8.53. The number of methoxy groups -OCH3 is 1. The van der Waals surface area contributed by atoms with Crippen LogP contribution in [0.1, 0.15) is 35.2 Å². The molecule has 3 aromatic carbocycles. The Hall–Kier alpha value is -3.22. The number of rotatable bonds is 9. The van der Waals surface area contributed by atoms with Crippen molar-refractivity contribution in [3.8, 4) is 5.75 Å². The first-order valence-electron chi connectivity index (χ1n) is 11.7. The van der Waals surface area contributed by atoms with E-state index >= 15 is 0 Å². The maximum Gasteiger partial charge on any atom is 0.260 e. The van der Waals surface area contributed by atoms with Crippen molar-refractivity contribution in [1.29, 1.82) is 0 Å². The van der Waals surface area contributed by atoms with E-state index in [1.165, 1.54) is 11.6 Å². The van der Waals surface area contributed by atoms with Crippen LogP contribution in [0, 0.1) is 5.82 Å². The summed E-state index contributed by atoms with van der Waals surface area (Å²) in [6, 6.07) is 23.2. The second-order valence-corrected chi connectivity index (χ2v) is 8.53. The number of halogens is 1. The molecular formula is C28H31FN2O3. The van der Waals surface area contributed by atoms with Crippen molar-refractivity contribution in [3.63, 3.8) is 0 Å². The smallest absolute Gasteiger partial charge is 0.260 e. The predicted octanol–water partition coefficient (Wildman–Crippen LogP) is 4.50. The molecule has 1 heterocycles. The van der Waals surface area contributed by atoms with Crippen LogP contribution in [0.2, 0.25) is 0 Å². The molecule has 5 nitrogen and oxygen atoms in total. The molecule has 6 heteroatoms. The number of benzene rings is 3. The molecular weight excluding hydrogens is 431 g/mol. The van der Waals surface area contributed by atoms with Crippen molar-refractivity contribution in [2.24, 2.45) is 0 Å². The molecule has 0 radical (unpaired) electrons. The van der Waals surface area contributed by atoms with Gasteiger partial charge in [-0.2, -0.15) is 0 Å². The normalized spacial score (nSPS) is 16.5. The summed E-state index contributed by atoms with van der Waals surface area (Å²) in [5, 5.41) is 2.81. The molecule has 3 aromatic rings. The zero-order valence-electron chi connectivity index (χ0n) is 19.7. The molecule has 1 N–H and O–H groups in total. The molecule has 0 spiro atoms. The van der Waals surface area contributed by atoms with E-state index in [1.807, 2.05) is 42.5 Å². The Balaban J connectivity index is 1.61. The fraction of sp³-hybridized carbons (Fsp3) is 0.321. The van der Waals surface area contributed by atoms with Gasteiger partial charge in [-0.05, 0) is 48.2 Å². The maximum absolute atomic E-state index is 14.5. The number of hydrogen-bond acceptors (Lipinski definition) is 4. The minimum atomic E-state index is -0.636. The summed E-state index contributed by atoms with van der Waals surface area (Å²) in [4.78, 5) is 14.7. The number of fused-ring (bicyclic) bond motifs is 1. The quantitative estimate of drug-likeness (QED) is 0.476. The molecule has 0 bridgehead atoms. The molecule has 0 aliphatic carbocycles. The molecule has 2 atom stereocenters. The van der Waals surface area contributed by atoms with Crippen molar-refractivity contribution < 1.29 is 18.7 Å². The van der Waals surface area contributed by atoms with E-state index in [0.717, 1.165) is 24.1 Å². The standard InChI is InChI=1S/C28H31FN2O3/c1-20(28(32)30-15-17-33-2)34-24-13-12-21-14-16-31(19-23-10-6-7-11-26(23)29)27(25(21)18-24)22-8-4-3-5-9-22/h3-13,18,20,27H,14-17,19H2,1-2H3,(H,30,32). The first kappa shape index (κ1) is 23.9. The molecule has 4 rings (SSSR count). The SMILES string of the molecule is COCCNC(=O)C(C)Oc1ccc2c(c1)C(c1ccccc1)N(Cc1ccccc1F)CC2. The first-order valence-corrected chi connectivity index (χ1v) is 11.7. The van der Waals surface area contributed by atoms with Gasteiger partial charge in [-0.15, -0.1) is 0 Å². The largest absolute Gasteiger partial charge is 0.481 e. The van der Waals surface area contributed by atoms with E-state index < -0.39 is 6.10 Å². The van der Waals surface area contributed by atoms with Crippen LogP contribution in [-0.2, 0) is 22.5 Å². The van der Waals surface area contributed by atoms with Gasteiger partial charge in [-0.3, -0.25) is 9.69 Å². The van der Waals surface area contributed by atoms with Crippen molar-refractivity contribution in [1.82, 2.24) is 10.2 Å². The van der Waals surface area contributed by atoms with Crippen molar-refractivity contribution in [2.75, 3.05) is 26.8 Å². The third-order valence-electron chi connectivity index (χ3n) is 6.18. The fourth-order valence-corrected chi connectivity index (χ4v) is 4.44. The van der Waals surface area contributed by atoms with Gasteiger partial charge >= 0.3 is 0 Å². The lowest BCUT2D eigenvalue weighted by Crippen LogP contribution is -2.38. The van der Waals surface area contributed by atoms with Crippen molar-refractivity contribution >= 4 is 5.91 Å². The Bertz CT molecular complexity index is 1110. The number of amides is 1. The summed E-state index contributed by atoms with van der Waals surface area (Å²) in [6.45, 7) is 3.96. The lowest BCUT2D eigenvalue weighted by molar-refractivity contribution is -0.127. The summed E-state index contributed by atoms with van der Waals surface area (Å²) in [5.41, 5.74) is 4.18. The van der Waals surface area contributed by atoms with E-state index in [9.17, 15) is 9.18 Å². The van der Waals surface area contributed by atoms with Gasteiger partial charge in [0.2, 0.25) is 0 Å². The molecule has 0 aromatic heterocycles. The molecule has 178 valence electrons. The van der Waals surface area contributed by atoms with Gasteiger partial charge in [0, 0.05) is 32.3 Å². The van der Waals surface area contributed by atoms with Gasteiger partial charge in [0.1, 0.15) is 11.6 Å². The summed E-state index contributed by atoms with van der Waals surface area (Å²) in [6.07, 6.45) is 0.226. The molecule has 0 saturated carbocycles. The number of carbonyl (C=O) groups excluding carboxylic acids is 1. The Morgan fingerprint density at radius 2 is 1.88 bits per heavy atom. The molecule has 0 fully saturated rings. The lowest BCUT2D eigenvalue weighted by Gasteiger charge is -2.38. The maximum atomic E-state index is 14.5. The highest BCUT2D eigenvalue weighted by molar-refractivity contribution is 5.80. The Kier molecular flexibility index (Phi) is 7.93. The van der Waals surface area contributed by atoms with Gasteiger partial charge in [0.25, 0.3) is 5.91 Å². The van der Waals surface area contributed by atoms with Gasteiger partial charge < -0.3 is 14.8 Å². The molecule has 34 heavy (non-hydrogen) atoms. The minimum absolute atomic E-state index is 0.0426. The van der Waals surface area contributed by atoms with Crippen LogP contribution >= 0.6 is 0 Å². The number of nitrogens with one attached hydrogen (secondary N) is 1. The van der Waals surface area contributed by atoms with E-state index in [4.69, 9.17) is 9.47 Å². The van der Waals surface area contributed by atoms with Crippen molar-refractivity contribution in [3.05, 3.63) is 101 Å².